The molecule has 0 amide bonds. The van der Waals surface area contributed by atoms with Crippen molar-refractivity contribution in [1.29, 1.82) is 0 Å². The average molecular weight is 364 g/mol. The third kappa shape index (κ3) is 3.03. The second kappa shape index (κ2) is 6.83. The van der Waals surface area contributed by atoms with E-state index in [0.717, 1.165) is 11.3 Å². The molecule has 5 heteroatoms. The number of hydrogen-bond donors (Lipinski definition) is 3. The zero-order valence-electron chi connectivity index (χ0n) is 15.4. The van der Waals surface area contributed by atoms with Crippen LogP contribution in [0.2, 0.25) is 0 Å². The number of nitrogens with zero attached hydrogens (tertiary/aromatic N) is 2. The van der Waals surface area contributed by atoms with Gasteiger partial charge in [-0.05, 0) is 38.0 Å². The molecule has 1 saturated carbocycles. The highest BCUT2D eigenvalue weighted by atomic mass is 16.3. The molecule has 0 radical (unpaired) electrons. The molecule has 0 aliphatic heterocycles. The first-order valence-corrected chi connectivity index (χ1v) is 9.23. The summed E-state index contributed by atoms with van der Waals surface area (Å²) in [5, 5.41) is 36.6. The molecular formula is C22H24N2O3. The van der Waals surface area contributed by atoms with Crippen molar-refractivity contribution in [2.75, 3.05) is 0 Å². The highest BCUT2D eigenvalue weighted by molar-refractivity contribution is 5.44. The molecule has 2 unspecified atom stereocenters. The molecular weight excluding hydrogens is 340 g/mol. The molecule has 5 nitrogen and oxygen atoms in total. The Morgan fingerprint density at radius 3 is 2.19 bits per heavy atom. The topological polar surface area (TPSA) is 78.5 Å². The minimum atomic E-state index is -0.723. The van der Waals surface area contributed by atoms with Crippen molar-refractivity contribution in [3.63, 3.8) is 0 Å². The minimum absolute atomic E-state index is 0.0180. The minimum Gasteiger partial charge on any atom is -0.493 e. The van der Waals surface area contributed by atoms with Crippen LogP contribution in [-0.2, 0) is 6.42 Å². The Balaban J connectivity index is 1.58. The number of aromatic nitrogens is 2. The lowest BCUT2D eigenvalue weighted by Crippen LogP contribution is -2.54. The number of rotatable bonds is 4. The first-order chi connectivity index (χ1) is 13.0. The maximum Gasteiger partial charge on any atom is 0.218 e. The van der Waals surface area contributed by atoms with Crippen LogP contribution in [0.15, 0.2) is 54.6 Å². The van der Waals surface area contributed by atoms with Gasteiger partial charge in [-0.25, -0.2) is 4.68 Å². The normalized spacial score (nSPS) is 24.6. The van der Waals surface area contributed by atoms with E-state index in [1.165, 1.54) is 10.2 Å². The van der Waals surface area contributed by atoms with Crippen LogP contribution in [0.4, 0.5) is 0 Å². The van der Waals surface area contributed by atoms with E-state index in [-0.39, 0.29) is 11.8 Å². The van der Waals surface area contributed by atoms with Crippen LogP contribution in [0, 0.1) is 19.8 Å². The molecule has 1 aromatic heterocycles. The Morgan fingerprint density at radius 1 is 0.926 bits per heavy atom. The standard InChI is InChI=1S/C22H24N2O3/c1-13-8-10-15(11-9-13)12-17-20(25)19(21(17)26)18-14(2)23-24(22(18)27)16-6-4-3-5-7-16/h3-11,17,19-21,25-27H,12H2,1-2H3. The van der Waals surface area contributed by atoms with E-state index in [2.05, 4.69) is 5.10 Å². The third-order valence-corrected chi connectivity index (χ3v) is 5.62. The van der Waals surface area contributed by atoms with Crippen molar-refractivity contribution in [3.8, 4) is 11.6 Å². The number of aromatic hydroxyl groups is 1. The predicted octanol–water partition coefficient (Wildman–Crippen LogP) is 2.87. The van der Waals surface area contributed by atoms with Gasteiger partial charge in [0.15, 0.2) is 0 Å². The number of aliphatic hydroxyl groups excluding tert-OH is 2. The lowest BCUT2D eigenvalue weighted by Gasteiger charge is -2.46. The van der Waals surface area contributed by atoms with Crippen LogP contribution in [0.1, 0.15) is 28.3 Å². The molecule has 1 aliphatic rings. The summed E-state index contributed by atoms with van der Waals surface area (Å²) in [6.45, 7) is 3.82. The summed E-state index contributed by atoms with van der Waals surface area (Å²) in [6, 6.07) is 17.5. The van der Waals surface area contributed by atoms with Gasteiger partial charge >= 0.3 is 0 Å². The second-order valence-electron chi connectivity index (χ2n) is 7.43. The third-order valence-electron chi connectivity index (χ3n) is 5.62. The molecule has 140 valence electrons. The summed E-state index contributed by atoms with van der Waals surface area (Å²) in [6.07, 6.45) is -0.843. The molecule has 1 fully saturated rings. The maximum absolute atomic E-state index is 10.7. The monoisotopic (exact) mass is 364 g/mol. The first kappa shape index (κ1) is 17.8. The average Bonchev–Trinajstić information content (AvgIpc) is 2.97. The molecule has 0 bridgehead atoms. The Bertz CT molecular complexity index is 924. The summed E-state index contributed by atoms with van der Waals surface area (Å²) in [7, 11) is 0. The fraction of sp³-hybridized carbons (Fsp3) is 0.318. The summed E-state index contributed by atoms with van der Waals surface area (Å²) in [4.78, 5) is 0. The molecule has 3 N–H and O–H groups in total. The number of para-hydroxylation sites is 1. The van der Waals surface area contributed by atoms with Crippen molar-refractivity contribution in [3.05, 3.63) is 77.0 Å². The van der Waals surface area contributed by atoms with Gasteiger partial charge in [0, 0.05) is 17.4 Å². The van der Waals surface area contributed by atoms with Gasteiger partial charge in [0.05, 0.1) is 23.6 Å². The molecule has 4 rings (SSSR count). The summed E-state index contributed by atoms with van der Waals surface area (Å²) < 4.78 is 1.46. The van der Waals surface area contributed by atoms with Crippen LogP contribution in [-0.4, -0.2) is 37.3 Å². The zero-order chi connectivity index (χ0) is 19.1. The van der Waals surface area contributed by atoms with Gasteiger partial charge in [-0.3, -0.25) is 0 Å². The second-order valence-corrected chi connectivity index (χ2v) is 7.43. The molecule has 27 heavy (non-hydrogen) atoms. The van der Waals surface area contributed by atoms with Crippen molar-refractivity contribution in [1.82, 2.24) is 9.78 Å². The van der Waals surface area contributed by atoms with E-state index in [9.17, 15) is 15.3 Å². The van der Waals surface area contributed by atoms with Crippen molar-refractivity contribution < 1.29 is 15.3 Å². The quantitative estimate of drug-likeness (QED) is 0.665. The van der Waals surface area contributed by atoms with E-state index < -0.39 is 18.1 Å². The summed E-state index contributed by atoms with van der Waals surface area (Å²) in [5.41, 5.74) is 4.15. The SMILES string of the molecule is Cc1ccc(CC2C(O)C(c3c(C)nn(-c4ccccc4)c3O)C2O)cc1. The Morgan fingerprint density at radius 2 is 1.56 bits per heavy atom. The van der Waals surface area contributed by atoms with Crippen molar-refractivity contribution in [2.24, 2.45) is 5.92 Å². The lowest BCUT2D eigenvalue weighted by atomic mass is 9.64. The van der Waals surface area contributed by atoms with Crippen LogP contribution >= 0.6 is 0 Å². The highest BCUT2D eigenvalue weighted by Gasteiger charge is 2.51. The largest absolute Gasteiger partial charge is 0.493 e. The highest BCUT2D eigenvalue weighted by Crippen LogP contribution is 2.48. The van der Waals surface area contributed by atoms with E-state index in [1.54, 1.807) is 6.92 Å². The van der Waals surface area contributed by atoms with Gasteiger partial charge in [0.25, 0.3) is 0 Å². The molecule has 3 aromatic rings. The van der Waals surface area contributed by atoms with Gasteiger partial charge in [0.2, 0.25) is 5.88 Å². The molecule has 2 atom stereocenters. The summed E-state index contributed by atoms with van der Waals surface area (Å²) >= 11 is 0. The zero-order valence-corrected chi connectivity index (χ0v) is 15.4. The van der Waals surface area contributed by atoms with Gasteiger partial charge < -0.3 is 15.3 Å². The molecule has 0 spiro atoms. The fourth-order valence-electron chi connectivity index (χ4n) is 4.04. The van der Waals surface area contributed by atoms with Crippen LogP contribution < -0.4 is 0 Å². The maximum atomic E-state index is 10.7. The molecule has 1 aliphatic carbocycles. The number of aliphatic hydroxyl groups is 2. The van der Waals surface area contributed by atoms with Crippen LogP contribution in [0.3, 0.4) is 0 Å². The Labute approximate surface area is 158 Å². The van der Waals surface area contributed by atoms with Gasteiger partial charge in [-0.2, -0.15) is 5.10 Å². The summed E-state index contributed by atoms with van der Waals surface area (Å²) in [5.74, 6) is -0.801. The molecule has 2 aromatic carbocycles. The van der Waals surface area contributed by atoms with E-state index in [0.29, 0.717) is 17.7 Å². The smallest absolute Gasteiger partial charge is 0.218 e. The Hall–Kier alpha value is -2.63. The number of aryl methyl sites for hydroxylation is 2. The number of hydrogen-bond acceptors (Lipinski definition) is 4. The van der Waals surface area contributed by atoms with Gasteiger partial charge in [0.1, 0.15) is 0 Å². The van der Waals surface area contributed by atoms with E-state index >= 15 is 0 Å². The lowest BCUT2D eigenvalue weighted by molar-refractivity contribution is -0.116. The predicted molar refractivity (Wildman–Crippen MR) is 103 cm³/mol. The number of benzene rings is 2. The van der Waals surface area contributed by atoms with Crippen LogP contribution in [0.5, 0.6) is 5.88 Å². The van der Waals surface area contributed by atoms with Crippen LogP contribution in [0.25, 0.3) is 5.69 Å². The first-order valence-electron chi connectivity index (χ1n) is 9.23. The van der Waals surface area contributed by atoms with Crippen molar-refractivity contribution >= 4 is 0 Å². The molecule has 0 saturated heterocycles. The fourth-order valence-corrected chi connectivity index (χ4v) is 4.04. The van der Waals surface area contributed by atoms with Crippen molar-refractivity contribution in [2.45, 2.75) is 38.4 Å². The Kier molecular flexibility index (Phi) is 4.50. The molecule has 1 heterocycles. The van der Waals surface area contributed by atoms with E-state index in [4.69, 9.17) is 0 Å². The van der Waals surface area contributed by atoms with Gasteiger partial charge in [-0.15, -0.1) is 0 Å². The van der Waals surface area contributed by atoms with Gasteiger partial charge in [-0.1, -0.05) is 48.0 Å². The van der Waals surface area contributed by atoms with E-state index in [1.807, 2.05) is 61.5 Å².